The van der Waals surface area contributed by atoms with Gasteiger partial charge in [0.25, 0.3) is 0 Å². The van der Waals surface area contributed by atoms with Crippen molar-refractivity contribution in [1.82, 2.24) is 4.90 Å². The summed E-state index contributed by atoms with van der Waals surface area (Å²) >= 11 is 12.3. The zero-order valence-electron chi connectivity index (χ0n) is 12.7. The normalized spacial score (nSPS) is 15.4. The van der Waals surface area contributed by atoms with Crippen LogP contribution in [-0.4, -0.2) is 31.1 Å². The van der Waals surface area contributed by atoms with Crippen molar-refractivity contribution < 1.29 is 0 Å². The topological polar surface area (TPSA) is 30.3 Å². The minimum Gasteiger partial charge on any atom is -0.368 e. The molecule has 0 amide bonds. The van der Waals surface area contributed by atoms with Crippen LogP contribution in [0.15, 0.2) is 42.5 Å². The van der Waals surface area contributed by atoms with Crippen molar-refractivity contribution in [3.8, 4) is 6.07 Å². The molecule has 118 valence electrons. The fourth-order valence-corrected chi connectivity index (χ4v) is 3.36. The fraction of sp³-hybridized carbons (Fsp3) is 0.278. The summed E-state index contributed by atoms with van der Waals surface area (Å²) in [5.41, 5.74) is 2.99. The number of benzene rings is 2. The molecule has 0 bridgehead atoms. The van der Waals surface area contributed by atoms with Gasteiger partial charge < -0.3 is 4.90 Å². The van der Waals surface area contributed by atoms with E-state index in [0.29, 0.717) is 15.6 Å². The number of anilines is 1. The molecule has 23 heavy (non-hydrogen) atoms. The molecule has 0 atom stereocenters. The van der Waals surface area contributed by atoms with E-state index in [2.05, 4.69) is 15.9 Å². The first-order valence-electron chi connectivity index (χ1n) is 7.57. The molecule has 0 spiro atoms. The predicted octanol–water partition coefficient (Wildman–Crippen LogP) is 4.19. The monoisotopic (exact) mass is 345 g/mol. The maximum atomic E-state index is 8.84. The molecule has 3 rings (SSSR count). The van der Waals surface area contributed by atoms with E-state index in [1.54, 1.807) is 6.07 Å². The number of nitriles is 1. The number of hydrogen-bond donors (Lipinski definition) is 0. The minimum atomic E-state index is 0.665. The zero-order valence-corrected chi connectivity index (χ0v) is 14.2. The van der Waals surface area contributed by atoms with E-state index in [1.165, 1.54) is 5.56 Å². The molecule has 5 heteroatoms. The molecule has 1 saturated heterocycles. The van der Waals surface area contributed by atoms with Crippen LogP contribution in [-0.2, 0) is 6.54 Å². The van der Waals surface area contributed by atoms with E-state index in [4.69, 9.17) is 28.5 Å². The van der Waals surface area contributed by atoms with Crippen molar-refractivity contribution in [2.75, 3.05) is 31.1 Å². The Labute approximate surface area is 146 Å². The second kappa shape index (κ2) is 7.23. The predicted molar refractivity (Wildman–Crippen MR) is 95.1 cm³/mol. The highest BCUT2D eigenvalue weighted by atomic mass is 35.5. The summed E-state index contributed by atoms with van der Waals surface area (Å²) in [6.07, 6.45) is 0. The van der Waals surface area contributed by atoms with Gasteiger partial charge in [0.2, 0.25) is 0 Å². The van der Waals surface area contributed by atoms with Crippen molar-refractivity contribution >= 4 is 28.9 Å². The summed E-state index contributed by atoms with van der Waals surface area (Å²) in [5.74, 6) is 0. The largest absolute Gasteiger partial charge is 0.368 e. The summed E-state index contributed by atoms with van der Waals surface area (Å²) in [5, 5.41) is 10.2. The summed E-state index contributed by atoms with van der Waals surface area (Å²) in [6.45, 7) is 4.76. The average Bonchev–Trinajstić information content (AvgIpc) is 2.57. The van der Waals surface area contributed by atoms with Crippen molar-refractivity contribution in [2.45, 2.75) is 6.54 Å². The van der Waals surface area contributed by atoms with Crippen LogP contribution in [0.4, 0.5) is 5.69 Å². The van der Waals surface area contributed by atoms with Gasteiger partial charge in [-0.2, -0.15) is 5.26 Å². The summed E-state index contributed by atoms with van der Waals surface area (Å²) < 4.78 is 0. The van der Waals surface area contributed by atoms with Crippen LogP contribution in [0, 0.1) is 11.3 Å². The highest BCUT2D eigenvalue weighted by Crippen LogP contribution is 2.29. The van der Waals surface area contributed by atoms with E-state index in [9.17, 15) is 0 Å². The highest BCUT2D eigenvalue weighted by Gasteiger charge is 2.19. The molecule has 1 aliphatic heterocycles. The maximum absolute atomic E-state index is 8.84. The van der Waals surface area contributed by atoms with Gasteiger partial charge in [-0.05, 0) is 35.9 Å². The molecular formula is C18H17Cl2N3. The lowest BCUT2D eigenvalue weighted by Crippen LogP contribution is -2.46. The lowest BCUT2D eigenvalue weighted by Gasteiger charge is -2.36. The van der Waals surface area contributed by atoms with E-state index in [1.807, 2.05) is 36.4 Å². The van der Waals surface area contributed by atoms with Gasteiger partial charge in [0.15, 0.2) is 0 Å². The zero-order chi connectivity index (χ0) is 16.2. The van der Waals surface area contributed by atoms with Crippen molar-refractivity contribution in [2.24, 2.45) is 0 Å². The Bertz CT molecular complexity index is 714. The minimum absolute atomic E-state index is 0.665. The molecule has 0 aliphatic carbocycles. The second-order valence-electron chi connectivity index (χ2n) is 5.67. The third-order valence-electron chi connectivity index (χ3n) is 4.11. The first kappa shape index (κ1) is 16.1. The number of nitrogens with zero attached hydrogens (tertiary/aromatic N) is 3. The molecule has 1 aliphatic rings. The Hall–Kier alpha value is -1.73. The molecule has 0 unspecified atom stereocenters. The van der Waals surface area contributed by atoms with Gasteiger partial charge in [-0.1, -0.05) is 35.3 Å². The van der Waals surface area contributed by atoms with Crippen LogP contribution in [0.3, 0.4) is 0 Å². The molecule has 0 aromatic heterocycles. The fourth-order valence-electron chi connectivity index (χ4n) is 2.83. The van der Waals surface area contributed by atoms with Crippen molar-refractivity contribution in [3.05, 3.63) is 63.6 Å². The van der Waals surface area contributed by atoms with Crippen LogP contribution in [0.2, 0.25) is 10.0 Å². The number of piperazine rings is 1. The first-order valence-corrected chi connectivity index (χ1v) is 8.33. The van der Waals surface area contributed by atoms with Crippen LogP contribution >= 0.6 is 23.2 Å². The third kappa shape index (κ3) is 3.97. The van der Waals surface area contributed by atoms with E-state index < -0.39 is 0 Å². The molecule has 0 radical (unpaired) electrons. The molecule has 2 aromatic carbocycles. The van der Waals surface area contributed by atoms with Gasteiger partial charge in [-0.15, -0.1) is 0 Å². The first-order chi connectivity index (χ1) is 11.2. The quantitative estimate of drug-likeness (QED) is 0.835. The molecule has 2 aromatic rings. The Balaban J connectivity index is 1.58. The maximum Gasteiger partial charge on any atom is 0.0991 e. The van der Waals surface area contributed by atoms with E-state index >= 15 is 0 Å². The van der Waals surface area contributed by atoms with Crippen LogP contribution < -0.4 is 4.90 Å². The Morgan fingerprint density at radius 1 is 0.957 bits per heavy atom. The van der Waals surface area contributed by atoms with E-state index in [0.717, 1.165) is 38.4 Å². The Kier molecular flexibility index (Phi) is 5.07. The van der Waals surface area contributed by atoms with E-state index in [-0.39, 0.29) is 0 Å². The van der Waals surface area contributed by atoms with Gasteiger partial charge in [0.1, 0.15) is 0 Å². The third-order valence-corrected chi connectivity index (χ3v) is 4.65. The highest BCUT2D eigenvalue weighted by molar-refractivity contribution is 6.36. The molecular weight excluding hydrogens is 329 g/mol. The second-order valence-corrected chi connectivity index (χ2v) is 6.51. The van der Waals surface area contributed by atoms with Crippen LogP contribution in [0.5, 0.6) is 0 Å². The van der Waals surface area contributed by atoms with Crippen molar-refractivity contribution in [1.29, 1.82) is 5.26 Å². The summed E-state index contributed by atoms with van der Waals surface area (Å²) in [6, 6.07) is 15.6. The Morgan fingerprint density at radius 3 is 2.26 bits per heavy atom. The standard InChI is InChI=1S/C18H17Cl2N3/c19-16-5-6-18(17(20)11-16)23-9-7-22(8-10-23)13-15-3-1-14(12-21)2-4-15/h1-6,11H,7-10,13H2. The van der Waals surface area contributed by atoms with Gasteiger partial charge in [0, 0.05) is 37.7 Å². The van der Waals surface area contributed by atoms with Crippen molar-refractivity contribution in [3.63, 3.8) is 0 Å². The number of hydrogen-bond acceptors (Lipinski definition) is 3. The summed E-state index contributed by atoms with van der Waals surface area (Å²) in [7, 11) is 0. The van der Waals surface area contributed by atoms with Crippen LogP contribution in [0.1, 0.15) is 11.1 Å². The molecule has 0 N–H and O–H groups in total. The molecule has 1 heterocycles. The van der Waals surface area contributed by atoms with Gasteiger partial charge in [0.05, 0.1) is 22.3 Å². The smallest absolute Gasteiger partial charge is 0.0991 e. The number of rotatable bonds is 3. The van der Waals surface area contributed by atoms with Crippen LogP contribution in [0.25, 0.3) is 0 Å². The molecule has 1 fully saturated rings. The molecule has 0 saturated carbocycles. The van der Waals surface area contributed by atoms with Gasteiger partial charge >= 0.3 is 0 Å². The number of halogens is 2. The average molecular weight is 346 g/mol. The van der Waals surface area contributed by atoms with Gasteiger partial charge in [-0.25, -0.2) is 0 Å². The summed E-state index contributed by atoms with van der Waals surface area (Å²) in [4.78, 5) is 4.72. The SMILES string of the molecule is N#Cc1ccc(CN2CCN(c3ccc(Cl)cc3Cl)CC2)cc1. The lowest BCUT2D eigenvalue weighted by molar-refractivity contribution is 0.250. The molecule has 3 nitrogen and oxygen atoms in total. The Morgan fingerprint density at radius 2 is 1.65 bits per heavy atom. The lowest BCUT2D eigenvalue weighted by atomic mass is 10.1. The van der Waals surface area contributed by atoms with Gasteiger partial charge in [-0.3, -0.25) is 4.90 Å².